The molecule has 0 saturated heterocycles. The van der Waals surface area contributed by atoms with Crippen LogP contribution >= 0.6 is 11.3 Å². The van der Waals surface area contributed by atoms with Crippen molar-refractivity contribution in [1.82, 2.24) is 29.5 Å². The standard InChI is InChI=1S/C21H16N6S/c1-13-19(28-21(25-13)15-10-22-12-23-11-15)17-7-6-14-9-18(27(2)20(14)26-17)16-5-3-4-8-24-16/h3-12H,1-2H3. The lowest BCUT2D eigenvalue weighted by molar-refractivity contribution is 0.951. The van der Waals surface area contributed by atoms with E-state index in [1.54, 1.807) is 29.9 Å². The molecule has 0 aliphatic carbocycles. The molecule has 0 aromatic carbocycles. The number of rotatable bonds is 3. The lowest BCUT2D eigenvalue weighted by Gasteiger charge is -2.04. The van der Waals surface area contributed by atoms with E-state index < -0.39 is 0 Å². The fraction of sp³-hybridized carbons (Fsp3) is 0.0952. The normalized spacial score (nSPS) is 11.2. The Labute approximate surface area is 165 Å². The van der Waals surface area contributed by atoms with Gasteiger partial charge in [0.05, 0.1) is 27.7 Å². The third kappa shape index (κ3) is 2.76. The Balaban J connectivity index is 1.61. The predicted octanol–water partition coefficient (Wildman–Crippen LogP) is 4.52. The van der Waals surface area contributed by atoms with E-state index in [9.17, 15) is 0 Å². The Kier molecular flexibility index (Phi) is 3.95. The largest absolute Gasteiger partial charge is 0.327 e. The molecule has 0 radical (unpaired) electrons. The van der Waals surface area contributed by atoms with E-state index in [0.717, 1.165) is 49.3 Å². The highest BCUT2D eigenvalue weighted by Gasteiger charge is 2.15. The maximum Gasteiger partial charge on any atom is 0.140 e. The summed E-state index contributed by atoms with van der Waals surface area (Å²) in [5, 5.41) is 1.99. The molecule has 5 aromatic rings. The second-order valence-electron chi connectivity index (χ2n) is 6.47. The van der Waals surface area contributed by atoms with E-state index in [-0.39, 0.29) is 0 Å². The van der Waals surface area contributed by atoms with Crippen molar-refractivity contribution >= 4 is 22.4 Å². The average molecular weight is 384 g/mol. The summed E-state index contributed by atoms with van der Waals surface area (Å²) in [4.78, 5) is 23.3. The summed E-state index contributed by atoms with van der Waals surface area (Å²) in [5.41, 5.74) is 5.69. The van der Waals surface area contributed by atoms with Crippen molar-refractivity contribution in [1.29, 1.82) is 0 Å². The van der Waals surface area contributed by atoms with Gasteiger partial charge in [0.25, 0.3) is 0 Å². The first-order chi connectivity index (χ1) is 13.7. The summed E-state index contributed by atoms with van der Waals surface area (Å²) in [6, 6.07) is 12.2. The molecule has 5 heterocycles. The van der Waals surface area contributed by atoms with Gasteiger partial charge >= 0.3 is 0 Å². The van der Waals surface area contributed by atoms with Gasteiger partial charge in [0.2, 0.25) is 0 Å². The third-order valence-electron chi connectivity index (χ3n) is 4.64. The SMILES string of the molecule is Cc1nc(-c2cncnc2)sc1-c1ccc2cc(-c3ccccn3)n(C)c2n1. The van der Waals surface area contributed by atoms with E-state index in [4.69, 9.17) is 9.97 Å². The Hall–Kier alpha value is -3.45. The molecule has 0 amide bonds. The number of aryl methyl sites for hydroxylation is 2. The lowest BCUT2D eigenvalue weighted by atomic mass is 10.2. The number of hydrogen-bond donors (Lipinski definition) is 0. The topological polar surface area (TPSA) is 69.4 Å². The van der Waals surface area contributed by atoms with Crippen molar-refractivity contribution in [2.24, 2.45) is 7.05 Å². The van der Waals surface area contributed by atoms with Crippen molar-refractivity contribution in [2.75, 3.05) is 0 Å². The van der Waals surface area contributed by atoms with E-state index in [2.05, 4.69) is 37.7 Å². The monoisotopic (exact) mass is 384 g/mol. The lowest BCUT2D eigenvalue weighted by Crippen LogP contribution is -1.95. The van der Waals surface area contributed by atoms with Crippen LogP contribution in [0.1, 0.15) is 5.69 Å². The van der Waals surface area contributed by atoms with Crippen LogP contribution in [0.4, 0.5) is 0 Å². The molecule has 0 bridgehead atoms. The summed E-state index contributed by atoms with van der Waals surface area (Å²) >= 11 is 1.61. The Morgan fingerprint density at radius 1 is 0.964 bits per heavy atom. The fourth-order valence-electron chi connectivity index (χ4n) is 3.25. The zero-order valence-corrected chi connectivity index (χ0v) is 16.2. The predicted molar refractivity (Wildman–Crippen MR) is 111 cm³/mol. The number of pyridine rings is 2. The summed E-state index contributed by atoms with van der Waals surface area (Å²) in [5.74, 6) is 0. The fourth-order valence-corrected chi connectivity index (χ4v) is 4.26. The highest BCUT2D eigenvalue weighted by atomic mass is 32.1. The number of aromatic nitrogens is 6. The van der Waals surface area contributed by atoms with Gasteiger partial charge in [-0.15, -0.1) is 11.3 Å². The first-order valence-electron chi connectivity index (χ1n) is 8.82. The number of fused-ring (bicyclic) bond motifs is 1. The number of nitrogens with zero attached hydrogens (tertiary/aromatic N) is 6. The van der Waals surface area contributed by atoms with Gasteiger partial charge in [-0.1, -0.05) is 6.07 Å². The summed E-state index contributed by atoms with van der Waals surface area (Å²) < 4.78 is 2.09. The van der Waals surface area contributed by atoms with Crippen molar-refractivity contribution in [3.8, 4) is 32.5 Å². The third-order valence-corrected chi connectivity index (χ3v) is 5.87. The molecule has 7 heteroatoms. The molecule has 0 unspecified atom stereocenters. The Morgan fingerprint density at radius 3 is 2.61 bits per heavy atom. The van der Waals surface area contributed by atoms with Crippen molar-refractivity contribution in [2.45, 2.75) is 6.92 Å². The molecule has 6 nitrogen and oxygen atoms in total. The van der Waals surface area contributed by atoms with Crippen molar-refractivity contribution < 1.29 is 0 Å². The molecule has 28 heavy (non-hydrogen) atoms. The smallest absolute Gasteiger partial charge is 0.140 e. The Morgan fingerprint density at radius 2 is 1.82 bits per heavy atom. The molecular weight excluding hydrogens is 368 g/mol. The van der Waals surface area contributed by atoms with Crippen LogP contribution in [0.15, 0.2) is 61.3 Å². The van der Waals surface area contributed by atoms with E-state index in [0.29, 0.717) is 0 Å². The summed E-state index contributed by atoms with van der Waals surface area (Å²) in [6.07, 6.45) is 6.89. The van der Waals surface area contributed by atoms with E-state index >= 15 is 0 Å². The number of thiazole rings is 1. The first kappa shape index (κ1) is 16.7. The molecule has 5 rings (SSSR count). The molecule has 0 saturated carbocycles. The van der Waals surface area contributed by atoms with Gasteiger partial charge < -0.3 is 4.57 Å². The van der Waals surface area contributed by atoms with Crippen LogP contribution in [0.2, 0.25) is 0 Å². The second kappa shape index (κ2) is 6.61. The first-order valence-corrected chi connectivity index (χ1v) is 9.63. The molecule has 0 N–H and O–H groups in total. The van der Waals surface area contributed by atoms with Gasteiger partial charge in [-0.2, -0.15) is 0 Å². The van der Waals surface area contributed by atoms with Crippen LogP contribution in [0, 0.1) is 6.92 Å². The quantitative estimate of drug-likeness (QED) is 0.457. The van der Waals surface area contributed by atoms with Crippen molar-refractivity contribution in [3.63, 3.8) is 0 Å². The molecule has 0 fully saturated rings. The maximum absolute atomic E-state index is 4.93. The molecule has 0 spiro atoms. The maximum atomic E-state index is 4.93. The van der Waals surface area contributed by atoms with Crippen LogP contribution in [0.25, 0.3) is 43.6 Å². The van der Waals surface area contributed by atoms with Gasteiger partial charge in [0.1, 0.15) is 17.0 Å². The van der Waals surface area contributed by atoms with Crippen LogP contribution < -0.4 is 0 Å². The second-order valence-corrected chi connectivity index (χ2v) is 7.47. The van der Waals surface area contributed by atoms with Gasteiger partial charge in [-0.05, 0) is 37.3 Å². The van der Waals surface area contributed by atoms with Crippen LogP contribution in [-0.4, -0.2) is 29.5 Å². The molecule has 0 atom stereocenters. The van der Waals surface area contributed by atoms with Crippen LogP contribution in [0.5, 0.6) is 0 Å². The van der Waals surface area contributed by atoms with Crippen LogP contribution in [-0.2, 0) is 7.05 Å². The van der Waals surface area contributed by atoms with Gasteiger partial charge in [-0.3, -0.25) is 4.98 Å². The van der Waals surface area contributed by atoms with E-state index in [1.165, 1.54) is 6.33 Å². The van der Waals surface area contributed by atoms with Gasteiger partial charge in [0, 0.05) is 36.6 Å². The van der Waals surface area contributed by atoms with Crippen LogP contribution in [0.3, 0.4) is 0 Å². The molecule has 5 aromatic heterocycles. The summed E-state index contributed by atoms with van der Waals surface area (Å²) in [6.45, 7) is 2.01. The number of hydrogen-bond acceptors (Lipinski definition) is 6. The molecule has 0 aliphatic heterocycles. The zero-order chi connectivity index (χ0) is 19.1. The Bertz CT molecular complexity index is 1270. The molecule has 0 aliphatic rings. The van der Waals surface area contributed by atoms with Gasteiger partial charge in [-0.25, -0.2) is 19.9 Å². The average Bonchev–Trinajstić information content (AvgIpc) is 3.29. The zero-order valence-electron chi connectivity index (χ0n) is 15.4. The minimum Gasteiger partial charge on any atom is -0.327 e. The molecular formula is C21H16N6S. The highest BCUT2D eigenvalue weighted by Crippen LogP contribution is 2.35. The molecule has 136 valence electrons. The van der Waals surface area contributed by atoms with Crippen molar-refractivity contribution in [3.05, 3.63) is 67.0 Å². The van der Waals surface area contributed by atoms with Gasteiger partial charge in [0.15, 0.2) is 0 Å². The minimum absolute atomic E-state index is 0.899. The summed E-state index contributed by atoms with van der Waals surface area (Å²) in [7, 11) is 2.02. The van der Waals surface area contributed by atoms with E-state index in [1.807, 2.05) is 32.2 Å². The minimum atomic E-state index is 0.899. The highest BCUT2D eigenvalue weighted by molar-refractivity contribution is 7.18.